The van der Waals surface area contributed by atoms with Crippen LogP contribution in [0.2, 0.25) is 0 Å². The molecule has 0 aromatic heterocycles. The van der Waals surface area contributed by atoms with Crippen LogP contribution in [-0.4, -0.2) is 48.9 Å². The third-order valence-electron chi connectivity index (χ3n) is 4.87. The van der Waals surface area contributed by atoms with Crippen molar-refractivity contribution < 1.29 is 18.0 Å². The summed E-state index contributed by atoms with van der Waals surface area (Å²) >= 11 is 0. The van der Waals surface area contributed by atoms with Crippen molar-refractivity contribution in [3.05, 3.63) is 64.7 Å². The lowest BCUT2D eigenvalue weighted by atomic mass is 10.1. The van der Waals surface area contributed by atoms with E-state index < -0.39 is 17.6 Å². The Hall–Kier alpha value is -2.82. The molecule has 1 heterocycles. The molecule has 1 fully saturated rings. The summed E-state index contributed by atoms with van der Waals surface area (Å²) in [5, 5.41) is 2.57. The number of alkyl halides is 3. The minimum atomic E-state index is -4.50. The van der Waals surface area contributed by atoms with Crippen molar-refractivity contribution in [1.29, 1.82) is 0 Å². The Morgan fingerprint density at radius 1 is 1.14 bits per heavy atom. The SMILES string of the molecule is C#Cc1cccc(C(=O)Nc2cc(CN3CCN(C)CC3)cc(C(F)(F)F)c2)c1. The van der Waals surface area contributed by atoms with E-state index in [0.717, 1.165) is 38.3 Å². The third kappa shape index (κ3) is 5.59. The topological polar surface area (TPSA) is 35.6 Å². The summed E-state index contributed by atoms with van der Waals surface area (Å²) in [6, 6.07) is 10.1. The molecule has 7 heteroatoms. The highest BCUT2D eigenvalue weighted by Gasteiger charge is 2.31. The van der Waals surface area contributed by atoms with Crippen LogP contribution in [0.5, 0.6) is 0 Å². The van der Waals surface area contributed by atoms with Crippen LogP contribution < -0.4 is 5.32 Å². The first-order valence-corrected chi connectivity index (χ1v) is 9.25. The summed E-state index contributed by atoms with van der Waals surface area (Å²) < 4.78 is 40.1. The highest BCUT2D eigenvalue weighted by atomic mass is 19.4. The van der Waals surface area contributed by atoms with Gasteiger partial charge in [-0.25, -0.2) is 0 Å². The molecule has 3 rings (SSSR count). The van der Waals surface area contributed by atoms with Gasteiger partial charge in [-0.1, -0.05) is 12.0 Å². The third-order valence-corrected chi connectivity index (χ3v) is 4.87. The van der Waals surface area contributed by atoms with Crippen LogP contribution in [0.4, 0.5) is 18.9 Å². The predicted molar refractivity (Wildman–Crippen MR) is 107 cm³/mol. The molecule has 29 heavy (non-hydrogen) atoms. The van der Waals surface area contributed by atoms with Crippen LogP contribution in [0.25, 0.3) is 0 Å². The number of halogens is 3. The first-order chi connectivity index (χ1) is 13.7. The summed E-state index contributed by atoms with van der Waals surface area (Å²) in [7, 11) is 2.02. The molecule has 2 aromatic rings. The molecule has 1 aliphatic heterocycles. The van der Waals surface area contributed by atoms with E-state index in [-0.39, 0.29) is 5.69 Å². The van der Waals surface area contributed by atoms with Gasteiger partial charge in [0.2, 0.25) is 0 Å². The van der Waals surface area contributed by atoms with Crippen LogP contribution in [0.3, 0.4) is 0 Å². The van der Waals surface area contributed by atoms with E-state index in [1.165, 1.54) is 6.07 Å². The number of nitrogens with one attached hydrogen (secondary N) is 1. The molecule has 1 aliphatic rings. The van der Waals surface area contributed by atoms with Gasteiger partial charge in [-0.15, -0.1) is 6.42 Å². The standard InChI is InChI=1S/C22H22F3N3O/c1-3-16-5-4-6-18(11-16)21(29)26-20-13-17(12-19(14-20)22(23,24)25)15-28-9-7-27(2)8-10-28/h1,4-6,11-14H,7-10,15H2,2H3,(H,26,29). The fourth-order valence-corrected chi connectivity index (χ4v) is 3.24. The summed E-state index contributed by atoms with van der Waals surface area (Å²) in [6.07, 6.45) is 0.843. The van der Waals surface area contributed by atoms with Gasteiger partial charge in [0.25, 0.3) is 5.91 Å². The summed E-state index contributed by atoms with van der Waals surface area (Å²) in [6.45, 7) is 3.70. The van der Waals surface area contributed by atoms with Crippen LogP contribution in [0.15, 0.2) is 42.5 Å². The predicted octanol–water partition coefficient (Wildman–Crippen LogP) is 3.69. The number of carbonyl (C=O) groups excluding carboxylic acids is 1. The second-order valence-corrected chi connectivity index (χ2v) is 7.18. The first kappa shape index (κ1) is 20.9. The number of benzene rings is 2. The molecule has 4 nitrogen and oxygen atoms in total. The molecule has 1 N–H and O–H groups in total. The van der Waals surface area contributed by atoms with E-state index >= 15 is 0 Å². The van der Waals surface area contributed by atoms with Gasteiger partial charge in [0.15, 0.2) is 0 Å². The van der Waals surface area contributed by atoms with Crippen LogP contribution in [-0.2, 0) is 12.7 Å². The van der Waals surface area contributed by atoms with Gasteiger partial charge in [-0.2, -0.15) is 13.2 Å². The Bertz CT molecular complexity index is 926. The Morgan fingerprint density at radius 3 is 2.52 bits per heavy atom. The number of piperazine rings is 1. The monoisotopic (exact) mass is 401 g/mol. The summed E-state index contributed by atoms with van der Waals surface area (Å²) in [5.74, 6) is 1.93. The van der Waals surface area contributed by atoms with Gasteiger partial charge < -0.3 is 10.2 Å². The van der Waals surface area contributed by atoms with Crippen molar-refractivity contribution in [2.75, 3.05) is 38.5 Å². The zero-order chi connectivity index (χ0) is 21.0. The van der Waals surface area contributed by atoms with Gasteiger partial charge in [-0.05, 0) is 49.0 Å². The smallest absolute Gasteiger partial charge is 0.322 e. The van der Waals surface area contributed by atoms with Gasteiger partial charge >= 0.3 is 6.18 Å². The van der Waals surface area contributed by atoms with Crippen molar-refractivity contribution in [1.82, 2.24) is 9.80 Å². The maximum absolute atomic E-state index is 13.4. The van der Waals surface area contributed by atoms with Crippen molar-refractivity contribution in [3.8, 4) is 12.3 Å². The van der Waals surface area contributed by atoms with Crippen molar-refractivity contribution in [3.63, 3.8) is 0 Å². The zero-order valence-electron chi connectivity index (χ0n) is 16.1. The van der Waals surface area contributed by atoms with E-state index in [1.807, 2.05) is 7.05 Å². The largest absolute Gasteiger partial charge is 0.416 e. The quantitative estimate of drug-likeness (QED) is 0.794. The van der Waals surface area contributed by atoms with E-state index in [2.05, 4.69) is 21.0 Å². The molecule has 2 aromatic carbocycles. The van der Waals surface area contributed by atoms with E-state index in [9.17, 15) is 18.0 Å². The zero-order valence-corrected chi connectivity index (χ0v) is 16.1. The molecule has 0 atom stereocenters. The van der Waals surface area contributed by atoms with Crippen LogP contribution in [0, 0.1) is 12.3 Å². The van der Waals surface area contributed by atoms with E-state index in [1.54, 1.807) is 24.3 Å². The maximum atomic E-state index is 13.4. The van der Waals surface area contributed by atoms with Crippen LogP contribution in [0.1, 0.15) is 27.0 Å². The molecule has 0 aliphatic carbocycles. The molecular formula is C22H22F3N3O. The molecule has 0 spiro atoms. The summed E-state index contributed by atoms with van der Waals surface area (Å²) in [4.78, 5) is 16.8. The molecule has 1 amide bonds. The Kier molecular flexibility index (Phi) is 6.26. The molecule has 0 saturated carbocycles. The molecule has 0 bridgehead atoms. The van der Waals surface area contributed by atoms with Crippen molar-refractivity contribution >= 4 is 11.6 Å². The molecular weight excluding hydrogens is 379 g/mol. The number of terminal acetylenes is 1. The molecule has 1 saturated heterocycles. The average molecular weight is 401 g/mol. The number of carbonyl (C=O) groups is 1. The molecule has 0 unspecified atom stereocenters. The number of nitrogens with zero attached hydrogens (tertiary/aromatic N) is 2. The van der Waals surface area contributed by atoms with E-state index in [0.29, 0.717) is 23.2 Å². The van der Waals surface area contributed by atoms with Gasteiger partial charge in [0.1, 0.15) is 0 Å². The number of amides is 1. The highest BCUT2D eigenvalue weighted by molar-refractivity contribution is 6.04. The van der Waals surface area contributed by atoms with Gasteiger partial charge in [-0.3, -0.25) is 9.69 Å². The Balaban J connectivity index is 1.83. The van der Waals surface area contributed by atoms with Crippen LogP contribution >= 0.6 is 0 Å². The number of hydrogen-bond acceptors (Lipinski definition) is 3. The summed E-state index contributed by atoms with van der Waals surface area (Å²) in [5.41, 5.74) is 0.657. The number of anilines is 1. The fourth-order valence-electron chi connectivity index (χ4n) is 3.24. The fraction of sp³-hybridized carbons (Fsp3) is 0.318. The lowest BCUT2D eigenvalue weighted by Crippen LogP contribution is -2.43. The minimum Gasteiger partial charge on any atom is -0.322 e. The Morgan fingerprint density at radius 2 is 1.86 bits per heavy atom. The number of hydrogen-bond donors (Lipinski definition) is 1. The normalized spacial score (nSPS) is 15.7. The van der Waals surface area contributed by atoms with Crippen molar-refractivity contribution in [2.24, 2.45) is 0 Å². The second-order valence-electron chi connectivity index (χ2n) is 7.18. The maximum Gasteiger partial charge on any atom is 0.416 e. The van der Waals surface area contributed by atoms with E-state index in [4.69, 9.17) is 6.42 Å². The van der Waals surface area contributed by atoms with Gasteiger partial charge in [0, 0.05) is 49.5 Å². The molecule has 152 valence electrons. The number of rotatable bonds is 4. The second kappa shape index (κ2) is 8.68. The first-order valence-electron chi connectivity index (χ1n) is 9.25. The Labute approximate surface area is 168 Å². The lowest BCUT2D eigenvalue weighted by Gasteiger charge is -2.32. The molecule has 0 radical (unpaired) electrons. The highest BCUT2D eigenvalue weighted by Crippen LogP contribution is 2.32. The van der Waals surface area contributed by atoms with Crippen molar-refractivity contribution in [2.45, 2.75) is 12.7 Å². The number of likely N-dealkylation sites (N-methyl/N-ethyl adjacent to an activating group) is 1. The minimum absolute atomic E-state index is 0.111. The lowest BCUT2D eigenvalue weighted by molar-refractivity contribution is -0.137. The van der Waals surface area contributed by atoms with Gasteiger partial charge in [0.05, 0.1) is 5.56 Å². The average Bonchev–Trinajstić information content (AvgIpc) is 2.69.